The maximum absolute atomic E-state index is 11.6. The van der Waals surface area contributed by atoms with Crippen molar-refractivity contribution in [3.63, 3.8) is 0 Å². The molecule has 0 bridgehead atoms. The molecule has 1 aliphatic heterocycles. The van der Waals surface area contributed by atoms with Crippen LogP contribution in [0.15, 0.2) is 0 Å². The van der Waals surface area contributed by atoms with Gasteiger partial charge in [-0.25, -0.2) is 0 Å². The first-order chi connectivity index (χ1) is 13.6. The third-order valence-corrected chi connectivity index (χ3v) is 3.70. The van der Waals surface area contributed by atoms with Crippen LogP contribution in [0.25, 0.3) is 0 Å². The molecule has 0 aromatic rings. The van der Waals surface area contributed by atoms with Crippen LogP contribution in [0.4, 0.5) is 0 Å². The molecule has 1 heterocycles. The van der Waals surface area contributed by atoms with Crippen molar-refractivity contribution in [1.82, 2.24) is 0 Å². The summed E-state index contributed by atoms with van der Waals surface area (Å²) in [5.41, 5.74) is 0. The minimum Gasteiger partial charge on any atom is -0.463 e. The van der Waals surface area contributed by atoms with E-state index in [1.807, 2.05) is 0 Å². The number of esters is 4. The van der Waals surface area contributed by atoms with Crippen LogP contribution >= 0.6 is 0 Å². The van der Waals surface area contributed by atoms with Crippen molar-refractivity contribution in [2.24, 2.45) is 0 Å². The van der Waals surface area contributed by atoms with Crippen LogP contribution in [0.5, 0.6) is 0 Å². The van der Waals surface area contributed by atoms with Crippen LogP contribution in [0.2, 0.25) is 0 Å². The Morgan fingerprint density at radius 1 is 0.828 bits per heavy atom. The zero-order valence-electron chi connectivity index (χ0n) is 16.8. The van der Waals surface area contributed by atoms with E-state index in [-0.39, 0.29) is 19.6 Å². The predicted octanol–water partition coefficient (Wildman–Crippen LogP) is 0.0652. The number of unbranched alkanes of at least 4 members (excludes halogenated alkanes) is 1. The first kappa shape index (κ1) is 24.5. The standard InChI is InChI=1S/C18H26O11/c1-10(20)25-9-14-15(26-11(2)21)16(27-12(3)22)17(28-13(4)23)18(29-14)24-8-6-5-7-19/h7,14-18H,5-6,8-9H2,1-4H3/t14-,15-,16+,17-,18+/m1/s1. The number of carbonyl (C=O) groups is 5. The van der Waals surface area contributed by atoms with E-state index >= 15 is 0 Å². The second-order valence-corrected chi connectivity index (χ2v) is 6.25. The molecule has 0 radical (unpaired) electrons. The molecule has 5 atom stereocenters. The molecular weight excluding hydrogens is 392 g/mol. The number of hydrogen-bond donors (Lipinski definition) is 0. The lowest BCUT2D eigenvalue weighted by atomic mass is 9.98. The molecule has 1 aliphatic rings. The van der Waals surface area contributed by atoms with Crippen molar-refractivity contribution in [1.29, 1.82) is 0 Å². The van der Waals surface area contributed by atoms with Crippen molar-refractivity contribution in [3.8, 4) is 0 Å². The topological polar surface area (TPSA) is 141 Å². The molecule has 11 nitrogen and oxygen atoms in total. The number of ether oxygens (including phenoxy) is 6. The monoisotopic (exact) mass is 418 g/mol. The van der Waals surface area contributed by atoms with Crippen LogP contribution in [-0.2, 0) is 52.4 Å². The maximum Gasteiger partial charge on any atom is 0.303 e. The van der Waals surface area contributed by atoms with Crippen molar-refractivity contribution < 1.29 is 52.4 Å². The van der Waals surface area contributed by atoms with Gasteiger partial charge in [0.15, 0.2) is 24.6 Å². The average Bonchev–Trinajstić information content (AvgIpc) is 2.60. The lowest BCUT2D eigenvalue weighted by Crippen LogP contribution is -2.63. The third kappa shape index (κ3) is 8.57. The van der Waals surface area contributed by atoms with Gasteiger partial charge in [-0.3, -0.25) is 19.2 Å². The Labute approximate surface area is 167 Å². The van der Waals surface area contributed by atoms with Gasteiger partial charge in [0.2, 0.25) is 0 Å². The second kappa shape index (κ2) is 12.1. The first-order valence-corrected chi connectivity index (χ1v) is 9.01. The molecule has 164 valence electrons. The number of aldehydes is 1. The SMILES string of the molecule is CC(=O)OC[C@H]1O[C@H](OCCCC=O)[C@H](OC(C)=O)[C@@H](OC(C)=O)[C@@H]1OC(C)=O. The number of rotatable bonds is 10. The maximum atomic E-state index is 11.6. The highest BCUT2D eigenvalue weighted by molar-refractivity contribution is 5.68. The van der Waals surface area contributed by atoms with E-state index in [2.05, 4.69) is 0 Å². The first-order valence-electron chi connectivity index (χ1n) is 9.01. The molecule has 1 rings (SSSR count). The summed E-state index contributed by atoms with van der Waals surface area (Å²) in [6.07, 6.45) is -4.71. The number of carbonyl (C=O) groups excluding carboxylic acids is 5. The minimum atomic E-state index is -1.27. The molecule has 0 saturated carbocycles. The molecule has 0 spiro atoms. The van der Waals surface area contributed by atoms with E-state index in [9.17, 15) is 24.0 Å². The summed E-state index contributed by atoms with van der Waals surface area (Å²) in [5, 5.41) is 0. The van der Waals surface area contributed by atoms with Gasteiger partial charge < -0.3 is 33.2 Å². The lowest BCUT2D eigenvalue weighted by Gasteiger charge is -2.44. The Morgan fingerprint density at radius 3 is 1.90 bits per heavy atom. The van der Waals surface area contributed by atoms with Crippen molar-refractivity contribution in [3.05, 3.63) is 0 Å². The van der Waals surface area contributed by atoms with Crippen LogP contribution in [-0.4, -0.2) is 74.1 Å². The fourth-order valence-corrected chi connectivity index (χ4v) is 2.69. The summed E-state index contributed by atoms with van der Waals surface area (Å²) in [6, 6.07) is 0. The van der Waals surface area contributed by atoms with Crippen LogP contribution in [0.1, 0.15) is 40.5 Å². The van der Waals surface area contributed by atoms with Gasteiger partial charge in [-0.1, -0.05) is 0 Å². The Morgan fingerprint density at radius 2 is 1.38 bits per heavy atom. The largest absolute Gasteiger partial charge is 0.463 e. The van der Waals surface area contributed by atoms with E-state index < -0.39 is 54.6 Å². The molecule has 29 heavy (non-hydrogen) atoms. The molecule has 0 aromatic carbocycles. The molecule has 0 amide bonds. The van der Waals surface area contributed by atoms with Crippen LogP contribution in [0, 0.1) is 0 Å². The molecule has 1 saturated heterocycles. The normalized spacial score (nSPS) is 26.1. The minimum absolute atomic E-state index is 0.0759. The summed E-state index contributed by atoms with van der Waals surface area (Å²) >= 11 is 0. The Balaban J connectivity index is 3.19. The van der Waals surface area contributed by atoms with Crippen LogP contribution < -0.4 is 0 Å². The average molecular weight is 418 g/mol. The van der Waals surface area contributed by atoms with Gasteiger partial charge in [0.1, 0.15) is 19.0 Å². The van der Waals surface area contributed by atoms with Gasteiger partial charge in [-0.15, -0.1) is 0 Å². The molecule has 0 aromatic heterocycles. The Bertz CT molecular complexity index is 603. The van der Waals surface area contributed by atoms with Gasteiger partial charge in [0, 0.05) is 34.1 Å². The Hall–Kier alpha value is -2.53. The van der Waals surface area contributed by atoms with Crippen molar-refractivity contribution in [2.45, 2.75) is 71.2 Å². The van der Waals surface area contributed by atoms with Crippen molar-refractivity contribution >= 4 is 30.2 Å². The lowest BCUT2D eigenvalue weighted by molar-refractivity contribution is -0.308. The molecule has 11 heteroatoms. The fourth-order valence-electron chi connectivity index (χ4n) is 2.69. The van der Waals surface area contributed by atoms with Gasteiger partial charge in [-0.05, 0) is 6.42 Å². The second-order valence-electron chi connectivity index (χ2n) is 6.25. The van der Waals surface area contributed by atoms with Gasteiger partial charge in [0.25, 0.3) is 0 Å². The molecule has 1 fully saturated rings. The summed E-state index contributed by atoms with van der Waals surface area (Å²) in [7, 11) is 0. The summed E-state index contributed by atoms with van der Waals surface area (Å²) in [4.78, 5) is 56.5. The third-order valence-electron chi connectivity index (χ3n) is 3.70. The van der Waals surface area contributed by atoms with E-state index in [0.29, 0.717) is 6.42 Å². The molecule has 0 unspecified atom stereocenters. The highest BCUT2D eigenvalue weighted by Crippen LogP contribution is 2.30. The summed E-state index contributed by atoms with van der Waals surface area (Å²) in [6.45, 7) is 4.34. The van der Waals surface area contributed by atoms with Crippen LogP contribution in [0.3, 0.4) is 0 Å². The zero-order valence-corrected chi connectivity index (χ0v) is 16.8. The van der Waals surface area contributed by atoms with E-state index in [0.717, 1.165) is 27.1 Å². The molecular formula is C18H26O11. The fraction of sp³-hybridized carbons (Fsp3) is 0.722. The van der Waals surface area contributed by atoms with E-state index in [1.165, 1.54) is 6.92 Å². The van der Waals surface area contributed by atoms with Gasteiger partial charge in [-0.2, -0.15) is 0 Å². The highest BCUT2D eigenvalue weighted by atomic mass is 16.7. The predicted molar refractivity (Wildman–Crippen MR) is 93.2 cm³/mol. The Kier molecular flexibility index (Phi) is 10.2. The zero-order chi connectivity index (χ0) is 22.0. The highest BCUT2D eigenvalue weighted by Gasteiger charge is 2.52. The smallest absolute Gasteiger partial charge is 0.303 e. The summed E-state index contributed by atoms with van der Waals surface area (Å²) in [5.74, 6) is -2.75. The van der Waals surface area contributed by atoms with Gasteiger partial charge >= 0.3 is 23.9 Å². The van der Waals surface area contributed by atoms with E-state index in [1.54, 1.807) is 0 Å². The van der Waals surface area contributed by atoms with Gasteiger partial charge in [0.05, 0.1) is 6.61 Å². The quantitative estimate of drug-likeness (QED) is 0.206. The molecule has 0 aliphatic carbocycles. The summed E-state index contributed by atoms with van der Waals surface area (Å²) < 4.78 is 32.0. The van der Waals surface area contributed by atoms with Crippen molar-refractivity contribution in [2.75, 3.05) is 13.2 Å². The van der Waals surface area contributed by atoms with E-state index in [4.69, 9.17) is 28.4 Å². The molecule has 0 N–H and O–H groups in total. The number of hydrogen-bond acceptors (Lipinski definition) is 11.